The third-order valence-corrected chi connectivity index (χ3v) is 2.95. The zero-order valence-electron chi connectivity index (χ0n) is 12.1. The number of amides is 1. The average Bonchev–Trinajstić information content (AvgIpc) is 2.56. The van der Waals surface area contributed by atoms with Crippen LogP contribution in [0.5, 0.6) is 0 Å². The maximum absolute atomic E-state index is 12.5. The minimum Gasteiger partial charge on any atom is -0.397 e. The van der Waals surface area contributed by atoms with E-state index in [0.29, 0.717) is 35.9 Å². The Morgan fingerprint density at radius 3 is 2.50 bits per heavy atom. The number of aliphatic imine (C=N–C) groups is 1. The Hall–Kier alpha value is -2.11. The minimum absolute atomic E-state index is 0.0546. The number of nitrogens with zero attached hydrogens (tertiary/aromatic N) is 2. The maximum atomic E-state index is 12.5. The van der Waals surface area contributed by atoms with Crippen LogP contribution in [-0.4, -0.2) is 35.9 Å². The van der Waals surface area contributed by atoms with E-state index < -0.39 is 0 Å². The summed E-state index contributed by atoms with van der Waals surface area (Å²) in [5.74, 6) is 0.248. The van der Waals surface area contributed by atoms with Crippen molar-refractivity contribution in [1.82, 2.24) is 4.90 Å². The molecule has 1 aliphatic rings. The summed E-state index contributed by atoms with van der Waals surface area (Å²) in [5, 5.41) is 7.25. The molecule has 6 nitrogen and oxygen atoms in total. The van der Waals surface area contributed by atoms with Gasteiger partial charge in [0.2, 0.25) is 5.91 Å². The van der Waals surface area contributed by atoms with Gasteiger partial charge < -0.3 is 21.8 Å². The molecule has 1 aliphatic heterocycles. The lowest BCUT2D eigenvalue weighted by molar-refractivity contribution is -0.127. The number of nitrogens with two attached hydrogens (primary N) is 2. The summed E-state index contributed by atoms with van der Waals surface area (Å²) < 4.78 is 0. The van der Waals surface area contributed by atoms with Crippen LogP contribution in [0.2, 0.25) is 0 Å². The number of carbonyl (C=O) groups is 1. The van der Waals surface area contributed by atoms with Gasteiger partial charge in [0, 0.05) is 31.3 Å². The molecule has 0 spiro atoms. The fourth-order valence-electron chi connectivity index (χ4n) is 2.08. The number of hydrogen-bond acceptors (Lipinski definition) is 5. The second-order valence-electron chi connectivity index (χ2n) is 4.73. The van der Waals surface area contributed by atoms with E-state index in [2.05, 4.69) is 4.99 Å². The highest BCUT2D eigenvalue weighted by Crippen LogP contribution is 2.16. The van der Waals surface area contributed by atoms with Crippen LogP contribution < -0.4 is 11.5 Å². The second-order valence-corrected chi connectivity index (χ2v) is 4.73. The van der Waals surface area contributed by atoms with Crippen molar-refractivity contribution in [2.45, 2.75) is 33.1 Å². The van der Waals surface area contributed by atoms with Crippen molar-refractivity contribution in [3.05, 3.63) is 23.0 Å². The first-order valence-corrected chi connectivity index (χ1v) is 6.86. The molecule has 5 N–H and O–H groups in total. The molecule has 20 heavy (non-hydrogen) atoms. The summed E-state index contributed by atoms with van der Waals surface area (Å²) in [6.07, 6.45) is 4.70. The molecule has 0 aromatic carbocycles. The number of nitrogens with one attached hydrogen (secondary N) is 1. The molecule has 0 bridgehead atoms. The largest absolute Gasteiger partial charge is 0.397 e. The van der Waals surface area contributed by atoms with Gasteiger partial charge in [-0.25, -0.2) is 4.99 Å². The molecule has 0 aromatic heterocycles. The van der Waals surface area contributed by atoms with Crippen molar-refractivity contribution >= 4 is 18.0 Å². The Bertz CT molecular complexity index is 470. The van der Waals surface area contributed by atoms with Crippen molar-refractivity contribution in [2.75, 3.05) is 13.1 Å². The van der Waals surface area contributed by atoms with Crippen LogP contribution >= 0.6 is 0 Å². The van der Waals surface area contributed by atoms with Gasteiger partial charge in [-0.15, -0.1) is 0 Å². The molecular formula is C14H23N5O. The normalized spacial score (nSPS) is 15.3. The smallest absolute Gasteiger partial charge is 0.250 e. The molecule has 0 unspecified atom stereocenters. The van der Waals surface area contributed by atoms with Gasteiger partial charge in [-0.3, -0.25) is 4.79 Å². The van der Waals surface area contributed by atoms with Gasteiger partial charge in [0.1, 0.15) is 11.5 Å². The predicted molar refractivity (Wildman–Crippen MR) is 81.5 cm³/mol. The molecule has 0 fully saturated rings. The molecule has 0 aromatic rings. The number of carbonyl (C=O) groups excluding carboxylic acids is 1. The molecule has 0 atom stereocenters. The maximum Gasteiger partial charge on any atom is 0.250 e. The Morgan fingerprint density at radius 2 is 2.00 bits per heavy atom. The van der Waals surface area contributed by atoms with Crippen molar-refractivity contribution in [2.24, 2.45) is 16.5 Å². The minimum atomic E-state index is -0.0546. The summed E-state index contributed by atoms with van der Waals surface area (Å²) in [4.78, 5) is 18.4. The van der Waals surface area contributed by atoms with Crippen LogP contribution in [0.4, 0.5) is 0 Å². The van der Waals surface area contributed by atoms with Gasteiger partial charge in [-0.1, -0.05) is 13.8 Å². The molecule has 0 saturated heterocycles. The molecule has 1 amide bonds. The molecule has 110 valence electrons. The lowest BCUT2D eigenvalue weighted by atomic mass is 10.1. The molecule has 1 heterocycles. The predicted octanol–water partition coefficient (Wildman–Crippen LogP) is 1.14. The quantitative estimate of drug-likeness (QED) is 0.633. The van der Waals surface area contributed by atoms with E-state index in [1.165, 1.54) is 0 Å². The van der Waals surface area contributed by atoms with E-state index >= 15 is 0 Å². The first-order chi connectivity index (χ1) is 9.53. The highest BCUT2D eigenvalue weighted by atomic mass is 16.2. The van der Waals surface area contributed by atoms with Crippen molar-refractivity contribution in [3.63, 3.8) is 0 Å². The first-order valence-electron chi connectivity index (χ1n) is 6.86. The standard InChI is InChI=1S/C14H23N5O/c1-3-5-19(6-4-2)14(20)10-7-11(16)12(9-15)18-13(17)8-10/h7,9,15H,3-6,8,16H2,1-2H3,(H2,17,18). The Balaban J connectivity index is 3.05. The third kappa shape index (κ3) is 3.94. The first kappa shape index (κ1) is 15.9. The van der Waals surface area contributed by atoms with Crippen molar-refractivity contribution < 1.29 is 4.79 Å². The number of amidine groups is 1. The lowest BCUT2D eigenvalue weighted by Crippen LogP contribution is -2.34. The van der Waals surface area contributed by atoms with Crippen molar-refractivity contribution in [1.29, 1.82) is 5.41 Å². The van der Waals surface area contributed by atoms with E-state index in [-0.39, 0.29) is 12.3 Å². The Labute approximate surface area is 119 Å². The van der Waals surface area contributed by atoms with Gasteiger partial charge in [0.15, 0.2) is 0 Å². The second kappa shape index (κ2) is 7.47. The van der Waals surface area contributed by atoms with Crippen LogP contribution in [-0.2, 0) is 4.79 Å². The number of allylic oxidation sites excluding steroid dienone is 2. The number of hydrogen-bond donors (Lipinski definition) is 3. The van der Waals surface area contributed by atoms with Gasteiger partial charge in [0.05, 0.1) is 5.70 Å². The van der Waals surface area contributed by atoms with Crippen LogP contribution in [0.25, 0.3) is 0 Å². The summed E-state index contributed by atoms with van der Waals surface area (Å²) in [6.45, 7) is 5.49. The van der Waals surface area contributed by atoms with Gasteiger partial charge in [-0.2, -0.15) is 0 Å². The number of rotatable bonds is 6. The fourth-order valence-corrected chi connectivity index (χ4v) is 2.08. The molecule has 6 heteroatoms. The fraction of sp³-hybridized carbons (Fsp3) is 0.500. The molecule has 0 saturated carbocycles. The van der Waals surface area contributed by atoms with E-state index in [4.69, 9.17) is 16.9 Å². The molecular weight excluding hydrogens is 254 g/mol. The van der Waals surface area contributed by atoms with Gasteiger partial charge in [0.25, 0.3) is 0 Å². The Kier molecular flexibility index (Phi) is 5.96. The van der Waals surface area contributed by atoms with E-state index in [0.717, 1.165) is 19.1 Å². The molecule has 1 rings (SSSR count). The van der Waals surface area contributed by atoms with Crippen LogP contribution in [0.3, 0.4) is 0 Å². The van der Waals surface area contributed by atoms with E-state index in [9.17, 15) is 4.79 Å². The third-order valence-electron chi connectivity index (χ3n) is 2.95. The summed E-state index contributed by atoms with van der Waals surface area (Å²) in [7, 11) is 0. The molecule has 0 radical (unpaired) electrons. The topological polar surface area (TPSA) is 109 Å². The average molecular weight is 277 g/mol. The summed E-state index contributed by atoms with van der Waals surface area (Å²) in [5.41, 5.74) is 12.8. The van der Waals surface area contributed by atoms with Crippen LogP contribution in [0, 0.1) is 5.41 Å². The van der Waals surface area contributed by atoms with Crippen LogP contribution in [0.1, 0.15) is 33.1 Å². The lowest BCUT2D eigenvalue weighted by Gasteiger charge is -2.22. The monoisotopic (exact) mass is 277 g/mol. The van der Waals surface area contributed by atoms with Crippen LogP contribution in [0.15, 0.2) is 28.0 Å². The van der Waals surface area contributed by atoms with Crippen molar-refractivity contribution in [3.8, 4) is 0 Å². The zero-order valence-corrected chi connectivity index (χ0v) is 12.1. The SMILES string of the molecule is CCCN(CCC)C(=O)C1=CC(N)=C(C=N)N=C(N)C1. The van der Waals surface area contributed by atoms with Gasteiger partial charge in [-0.05, 0) is 18.9 Å². The molecule has 0 aliphatic carbocycles. The highest BCUT2D eigenvalue weighted by Gasteiger charge is 2.20. The Morgan fingerprint density at radius 1 is 1.40 bits per heavy atom. The highest BCUT2D eigenvalue weighted by molar-refractivity contribution is 6.02. The zero-order chi connectivity index (χ0) is 15.1. The summed E-state index contributed by atoms with van der Waals surface area (Å²) >= 11 is 0. The van der Waals surface area contributed by atoms with E-state index in [1.54, 1.807) is 6.08 Å². The summed E-state index contributed by atoms with van der Waals surface area (Å²) in [6, 6.07) is 0. The van der Waals surface area contributed by atoms with E-state index in [1.807, 2.05) is 18.7 Å². The van der Waals surface area contributed by atoms with Gasteiger partial charge >= 0.3 is 0 Å².